The lowest BCUT2D eigenvalue weighted by Gasteiger charge is -2.12. The molecule has 0 aromatic heterocycles. The van der Waals surface area contributed by atoms with Crippen LogP contribution in [0.15, 0.2) is 27.7 Å². The molecule has 0 saturated carbocycles. The van der Waals surface area contributed by atoms with Crippen LogP contribution in [-0.2, 0) is 0 Å². The predicted molar refractivity (Wildman–Crippen MR) is 62.3 cm³/mol. The van der Waals surface area contributed by atoms with Gasteiger partial charge in [-0.1, -0.05) is 23.7 Å². The standard InChI is InChI=1S/C9H4Br2ClF3/c10-8(11)7(9(13,14)15)5-1-3-6(12)4-2-5/h1-4H. The van der Waals surface area contributed by atoms with Gasteiger partial charge in [-0.05, 0) is 49.6 Å². The summed E-state index contributed by atoms with van der Waals surface area (Å²) in [6.07, 6.45) is -4.42. The molecule has 0 amide bonds. The first-order chi connectivity index (χ1) is 6.82. The van der Waals surface area contributed by atoms with E-state index in [-0.39, 0.29) is 8.96 Å². The van der Waals surface area contributed by atoms with E-state index in [1.54, 1.807) is 0 Å². The highest BCUT2D eigenvalue weighted by Gasteiger charge is 2.36. The number of hydrogen-bond acceptors (Lipinski definition) is 0. The Morgan fingerprint density at radius 2 is 1.53 bits per heavy atom. The second kappa shape index (κ2) is 4.89. The van der Waals surface area contributed by atoms with Crippen molar-refractivity contribution in [2.24, 2.45) is 0 Å². The fourth-order valence-corrected chi connectivity index (χ4v) is 2.03. The van der Waals surface area contributed by atoms with E-state index in [1.807, 2.05) is 0 Å². The van der Waals surface area contributed by atoms with E-state index >= 15 is 0 Å². The van der Waals surface area contributed by atoms with E-state index in [2.05, 4.69) is 31.9 Å². The molecular weight excluding hydrogens is 360 g/mol. The Morgan fingerprint density at radius 1 is 1.07 bits per heavy atom. The Bertz CT molecular complexity index is 377. The first-order valence-electron chi connectivity index (χ1n) is 3.71. The highest BCUT2D eigenvalue weighted by Crippen LogP contribution is 2.40. The highest BCUT2D eigenvalue weighted by atomic mass is 79.9. The third-order valence-electron chi connectivity index (χ3n) is 1.61. The molecule has 0 heterocycles. The molecule has 0 bridgehead atoms. The van der Waals surface area contributed by atoms with Gasteiger partial charge in [-0.15, -0.1) is 0 Å². The van der Waals surface area contributed by atoms with Crippen molar-refractivity contribution in [1.29, 1.82) is 0 Å². The fourth-order valence-electron chi connectivity index (χ4n) is 0.996. The second-order valence-electron chi connectivity index (χ2n) is 2.64. The van der Waals surface area contributed by atoms with Gasteiger partial charge in [-0.2, -0.15) is 13.2 Å². The van der Waals surface area contributed by atoms with E-state index in [0.717, 1.165) is 0 Å². The minimum atomic E-state index is -4.42. The summed E-state index contributed by atoms with van der Waals surface area (Å²) in [5.41, 5.74) is -0.713. The van der Waals surface area contributed by atoms with Crippen LogP contribution < -0.4 is 0 Å². The van der Waals surface area contributed by atoms with Crippen molar-refractivity contribution in [3.05, 3.63) is 38.2 Å². The van der Waals surface area contributed by atoms with E-state index < -0.39 is 11.7 Å². The van der Waals surface area contributed by atoms with Gasteiger partial charge in [0.2, 0.25) is 0 Å². The van der Waals surface area contributed by atoms with Crippen molar-refractivity contribution in [2.75, 3.05) is 0 Å². The lowest BCUT2D eigenvalue weighted by molar-refractivity contribution is -0.0688. The van der Waals surface area contributed by atoms with Gasteiger partial charge in [0.25, 0.3) is 0 Å². The van der Waals surface area contributed by atoms with Crippen molar-refractivity contribution in [3.63, 3.8) is 0 Å². The molecule has 0 fully saturated rings. The van der Waals surface area contributed by atoms with Gasteiger partial charge in [0.15, 0.2) is 0 Å². The number of halogens is 6. The molecule has 6 heteroatoms. The Balaban J connectivity index is 3.25. The zero-order valence-corrected chi connectivity index (χ0v) is 11.0. The van der Waals surface area contributed by atoms with Crippen molar-refractivity contribution in [2.45, 2.75) is 6.18 Å². The van der Waals surface area contributed by atoms with Gasteiger partial charge in [-0.3, -0.25) is 0 Å². The Labute approximate surface area is 106 Å². The van der Waals surface area contributed by atoms with Crippen LogP contribution >= 0.6 is 43.5 Å². The Hall–Kier alpha value is -0.000000000000000111. The molecule has 0 saturated heterocycles. The van der Waals surface area contributed by atoms with Gasteiger partial charge in [0.05, 0.1) is 8.96 Å². The highest BCUT2D eigenvalue weighted by molar-refractivity contribution is 9.28. The fraction of sp³-hybridized carbons (Fsp3) is 0.111. The van der Waals surface area contributed by atoms with Crippen LogP contribution in [-0.4, -0.2) is 6.18 Å². The molecule has 82 valence electrons. The molecular formula is C9H4Br2ClF3. The molecule has 0 aliphatic heterocycles. The quantitative estimate of drug-likeness (QED) is 0.629. The number of allylic oxidation sites excluding steroid dienone is 1. The van der Waals surface area contributed by atoms with E-state index in [1.165, 1.54) is 24.3 Å². The van der Waals surface area contributed by atoms with E-state index in [0.29, 0.717) is 5.02 Å². The monoisotopic (exact) mass is 362 g/mol. The molecule has 15 heavy (non-hydrogen) atoms. The molecule has 0 spiro atoms. The third kappa shape index (κ3) is 3.50. The summed E-state index contributed by atoms with van der Waals surface area (Å²) in [5, 5.41) is 0.394. The largest absolute Gasteiger partial charge is 0.418 e. The van der Waals surface area contributed by atoms with E-state index in [4.69, 9.17) is 11.6 Å². The summed E-state index contributed by atoms with van der Waals surface area (Å²) in [4.78, 5) is 0. The minimum absolute atomic E-state index is 0.0515. The lowest BCUT2D eigenvalue weighted by atomic mass is 10.1. The summed E-state index contributed by atoms with van der Waals surface area (Å²) in [7, 11) is 0. The molecule has 0 aliphatic carbocycles. The molecule has 0 atom stereocenters. The maximum absolute atomic E-state index is 12.6. The van der Waals surface area contributed by atoms with Gasteiger partial charge < -0.3 is 0 Å². The van der Waals surface area contributed by atoms with Gasteiger partial charge in [0, 0.05) is 5.02 Å². The van der Waals surface area contributed by atoms with Crippen LogP contribution in [0.4, 0.5) is 13.2 Å². The van der Waals surface area contributed by atoms with Crippen LogP contribution in [0.5, 0.6) is 0 Å². The molecule has 0 radical (unpaired) electrons. The van der Waals surface area contributed by atoms with Gasteiger partial charge in [0.1, 0.15) is 0 Å². The maximum Gasteiger partial charge on any atom is 0.418 e. The lowest BCUT2D eigenvalue weighted by Crippen LogP contribution is -2.11. The number of alkyl halides is 3. The van der Waals surface area contributed by atoms with Crippen LogP contribution in [0.2, 0.25) is 5.02 Å². The summed E-state index contributed by atoms with van der Waals surface area (Å²) in [6, 6.07) is 5.44. The van der Waals surface area contributed by atoms with Crippen molar-refractivity contribution in [3.8, 4) is 0 Å². The molecule has 1 rings (SSSR count). The van der Waals surface area contributed by atoms with E-state index in [9.17, 15) is 13.2 Å². The predicted octanol–water partition coefficient (Wildman–Crippen LogP) is 5.36. The topological polar surface area (TPSA) is 0 Å². The first-order valence-corrected chi connectivity index (χ1v) is 5.67. The average molecular weight is 364 g/mol. The zero-order valence-electron chi connectivity index (χ0n) is 7.08. The van der Waals surface area contributed by atoms with Crippen LogP contribution in [0, 0.1) is 0 Å². The van der Waals surface area contributed by atoms with Gasteiger partial charge in [-0.25, -0.2) is 0 Å². The minimum Gasteiger partial charge on any atom is -0.166 e. The number of rotatable bonds is 1. The average Bonchev–Trinajstić information content (AvgIpc) is 2.05. The van der Waals surface area contributed by atoms with Crippen LogP contribution in [0.25, 0.3) is 5.57 Å². The van der Waals surface area contributed by atoms with Crippen LogP contribution in [0.1, 0.15) is 5.56 Å². The second-order valence-corrected chi connectivity index (χ2v) is 5.73. The van der Waals surface area contributed by atoms with Crippen LogP contribution in [0.3, 0.4) is 0 Å². The summed E-state index contributed by atoms with van der Waals surface area (Å²) in [5.74, 6) is 0. The molecule has 1 aromatic carbocycles. The van der Waals surface area contributed by atoms with Crippen molar-refractivity contribution in [1.82, 2.24) is 0 Å². The molecule has 0 aliphatic rings. The van der Waals surface area contributed by atoms with Crippen molar-refractivity contribution < 1.29 is 13.2 Å². The maximum atomic E-state index is 12.6. The van der Waals surface area contributed by atoms with Gasteiger partial charge >= 0.3 is 6.18 Å². The Kier molecular flexibility index (Phi) is 4.26. The smallest absolute Gasteiger partial charge is 0.166 e. The summed E-state index contributed by atoms with van der Waals surface area (Å²) in [6.45, 7) is 0. The van der Waals surface area contributed by atoms with Crippen molar-refractivity contribution >= 4 is 49.0 Å². The number of benzene rings is 1. The normalized spacial score (nSPS) is 11.3. The summed E-state index contributed by atoms with van der Waals surface area (Å²) < 4.78 is 37.7. The third-order valence-corrected chi connectivity index (χ3v) is 2.65. The first kappa shape index (κ1) is 13.1. The molecule has 1 aromatic rings. The SMILES string of the molecule is FC(F)(F)C(=C(Br)Br)c1ccc(Cl)cc1. The Morgan fingerprint density at radius 3 is 1.87 bits per heavy atom. The summed E-state index contributed by atoms with van der Waals surface area (Å²) >= 11 is 11.1. The molecule has 0 N–H and O–H groups in total. The molecule has 0 nitrogen and oxygen atoms in total. The number of hydrogen-bond donors (Lipinski definition) is 0. The molecule has 0 unspecified atom stereocenters. The zero-order chi connectivity index (χ0) is 11.6.